The normalized spacial score (nSPS) is 10.2. The van der Waals surface area contributed by atoms with Crippen LogP contribution in [-0.2, 0) is 9.53 Å². The van der Waals surface area contributed by atoms with Gasteiger partial charge in [-0.2, -0.15) is 0 Å². The van der Waals surface area contributed by atoms with E-state index in [-0.39, 0.29) is 0 Å². The molecule has 0 fully saturated rings. The Kier molecular flexibility index (Phi) is 4.75. The van der Waals surface area contributed by atoms with Crippen molar-refractivity contribution in [1.82, 2.24) is 0 Å². The Bertz CT molecular complexity index is 475. The minimum absolute atomic E-state index is 0.409. The van der Waals surface area contributed by atoms with Gasteiger partial charge in [-0.1, -0.05) is 18.2 Å². The molecule has 0 bridgehead atoms. The van der Waals surface area contributed by atoms with E-state index in [1.165, 1.54) is 6.08 Å². The van der Waals surface area contributed by atoms with Gasteiger partial charge in [0.05, 0.1) is 13.2 Å². The summed E-state index contributed by atoms with van der Waals surface area (Å²) in [5, 5.41) is 0. The molecule has 0 aliphatic carbocycles. The van der Waals surface area contributed by atoms with Crippen molar-refractivity contribution in [1.29, 1.82) is 0 Å². The highest BCUT2D eigenvalue weighted by atomic mass is 16.6. The zero-order chi connectivity index (χ0) is 13.6. The number of para-hydroxylation sites is 1. The van der Waals surface area contributed by atoms with Crippen LogP contribution < -0.4 is 4.74 Å². The summed E-state index contributed by atoms with van der Waals surface area (Å²) in [6.45, 7) is 5.47. The number of hydrogen-bond donors (Lipinski definition) is 0. The average Bonchev–Trinajstić information content (AvgIpc) is 2.27. The first-order valence-electron chi connectivity index (χ1n) is 5.71. The van der Waals surface area contributed by atoms with E-state index < -0.39 is 11.6 Å². The highest BCUT2D eigenvalue weighted by Crippen LogP contribution is 2.18. The molecule has 1 rings (SSSR count). The third-order valence-corrected chi connectivity index (χ3v) is 1.99. The van der Waals surface area contributed by atoms with Crippen molar-refractivity contribution in [2.24, 2.45) is 0 Å². The van der Waals surface area contributed by atoms with Gasteiger partial charge in [-0.05, 0) is 32.9 Å². The average molecular weight is 246 g/mol. The predicted octanol–water partition coefficient (Wildman–Crippen LogP) is 3.21. The van der Waals surface area contributed by atoms with Crippen LogP contribution in [0.15, 0.2) is 36.1 Å². The quantitative estimate of drug-likeness (QED) is 0.466. The molecule has 0 amide bonds. The monoisotopic (exact) mass is 246 g/mol. The number of rotatable bonds is 3. The summed E-state index contributed by atoms with van der Waals surface area (Å²) < 4.78 is 10.3. The molecule has 96 valence electrons. The van der Waals surface area contributed by atoms with Crippen LogP contribution >= 0.6 is 0 Å². The Hall–Kier alpha value is -1.99. The number of esters is 1. The topological polar surface area (TPSA) is 35.5 Å². The molecule has 18 heavy (non-hydrogen) atoms. The second kappa shape index (κ2) is 6.08. The van der Waals surface area contributed by atoms with Crippen LogP contribution in [0.25, 0.3) is 6.08 Å². The Morgan fingerprint density at radius 1 is 1.28 bits per heavy atom. The first-order chi connectivity index (χ1) is 8.42. The first-order valence-corrected chi connectivity index (χ1v) is 5.71. The fourth-order valence-electron chi connectivity index (χ4n) is 1.32. The summed E-state index contributed by atoms with van der Waals surface area (Å²) in [5.74, 6) is 0.330. The molecule has 0 aliphatic rings. The van der Waals surface area contributed by atoms with Crippen LogP contribution in [0.1, 0.15) is 26.3 Å². The molecule has 0 N–H and O–H groups in total. The Morgan fingerprint density at radius 2 is 1.94 bits per heavy atom. The van der Waals surface area contributed by atoms with Gasteiger partial charge in [-0.15, -0.1) is 5.73 Å². The lowest BCUT2D eigenvalue weighted by Gasteiger charge is -2.17. The molecule has 1 aromatic rings. The Labute approximate surface area is 108 Å². The third-order valence-electron chi connectivity index (χ3n) is 1.99. The molecule has 3 heteroatoms. The van der Waals surface area contributed by atoms with Gasteiger partial charge in [0.1, 0.15) is 11.4 Å². The maximum Gasteiger partial charge on any atom is 0.339 e. The van der Waals surface area contributed by atoms with E-state index >= 15 is 0 Å². The largest absolute Gasteiger partial charge is 0.496 e. The maximum atomic E-state index is 11.4. The van der Waals surface area contributed by atoms with Crippen LogP contribution in [0.4, 0.5) is 0 Å². The molecule has 0 saturated heterocycles. The number of methoxy groups -OCH3 is 1. The van der Waals surface area contributed by atoms with Gasteiger partial charge in [-0.3, -0.25) is 0 Å². The molecule has 0 unspecified atom stereocenters. The van der Waals surface area contributed by atoms with Gasteiger partial charge >= 0.3 is 5.97 Å². The summed E-state index contributed by atoms with van der Waals surface area (Å²) in [6.07, 6.45) is 2.96. The smallest absolute Gasteiger partial charge is 0.339 e. The molecule has 0 heterocycles. The van der Waals surface area contributed by atoms with Gasteiger partial charge in [0.2, 0.25) is 0 Å². The van der Waals surface area contributed by atoms with Crippen LogP contribution in [0.2, 0.25) is 0 Å². The predicted molar refractivity (Wildman–Crippen MR) is 71.4 cm³/mol. The van der Waals surface area contributed by atoms with Gasteiger partial charge < -0.3 is 9.47 Å². The first kappa shape index (κ1) is 14.1. The fraction of sp³-hybridized carbons (Fsp3) is 0.333. The lowest BCUT2D eigenvalue weighted by Crippen LogP contribution is -2.22. The second-order valence-corrected chi connectivity index (χ2v) is 4.73. The molecule has 0 aliphatic heterocycles. The van der Waals surface area contributed by atoms with Crippen molar-refractivity contribution in [3.8, 4) is 5.75 Å². The van der Waals surface area contributed by atoms with Gasteiger partial charge in [0.25, 0.3) is 0 Å². The maximum absolute atomic E-state index is 11.4. The number of hydrogen-bond acceptors (Lipinski definition) is 3. The lowest BCUT2D eigenvalue weighted by molar-refractivity contribution is -0.148. The van der Waals surface area contributed by atoms with Gasteiger partial charge in [0, 0.05) is 5.56 Å². The zero-order valence-electron chi connectivity index (χ0n) is 11.2. The highest BCUT2D eigenvalue weighted by molar-refractivity contribution is 5.82. The number of carbonyl (C=O) groups is 1. The number of benzene rings is 1. The molecular formula is C15H18O3. The van der Waals surface area contributed by atoms with Crippen LogP contribution in [-0.4, -0.2) is 18.7 Å². The van der Waals surface area contributed by atoms with E-state index in [2.05, 4.69) is 5.73 Å². The van der Waals surface area contributed by atoms with Crippen molar-refractivity contribution < 1.29 is 14.3 Å². The summed E-state index contributed by atoms with van der Waals surface area (Å²) in [5.41, 5.74) is 3.17. The Balaban J connectivity index is 2.77. The van der Waals surface area contributed by atoms with E-state index in [1.807, 2.05) is 45.0 Å². The lowest BCUT2D eigenvalue weighted by atomic mass is 10.2. The zero-order valence-corrected chi connectivity index (χ0v) is 11.2. The molecule has 0 atom stereocenters. The van der Waals surface area contributed by atoms with E-state index in [0.717, 1.165) is 11.3 Å². The van der Waals surface area contributed by atoms with Crippen LogP contribution in [0.5, 0.6) is 5.75 Å². The molecule has 3 nitrogen and oxygen atoms in total. The third kappa shape index (κ3) is 4.89. The van der Waals surface area contributed by atoms with Crippen molar-refractivity contribution in [2.45, 2.75) is 26.4 Å². The molecule has 0 saturated carbocycles. The summed E-state index contributed by atoms with van der Waals surface area (Å²) in [7, 11) is 1.60. The summed E-state index contributed by atoms with van der Waals surface area (Å²) >= 11 is 0. The molecular weight excluding hydrogens is 228 g/mol. The number of carbonyl (C=O) groups excluding carboxylic acids is 1. The van der Waals surface area contributed by atoms with Crippen molar-refractivity contribution in [3.63, 3.8) is 0 Å². The summed E-state index contributed by atoms with van der Waals surface area (Å²) in [6, 6.07) is 7.51. The van der Waals surface area contributed by atoms with Crippen molar-refractivity contribution in [3.05, 3.63) is 41.6 Å². The fourth-order valence-corrected chi connectivity index (χ4v) is 1.32. The minimum Gasteiger partial charge on any atom is -0.496 e. The Morgan fingerprint density at radius 3 is 2.56 bits per heavy atom. The molecule has 0 radical (unpaired) electrons. The van der Waals surface area contributed by atoms with Crippen LogP contribution in [0.3, 0.4) is 0 Å². The van der Waals surface area contributed by atoms with Crippen LogP contribution in [0, 0.1) is 0 Å². The molecule has 0 aromatic heterocycles. The molecule has 0 spiro atoms. The minimum atomic E-state index is -0.486. The highest BCUT2D eigenvalue weighted by Gasteiger charge is 2.13. The van der Waals surface area contributed by atoms with E-state index in [1.54, 1.807) is 13.2 Å². The van der Waals surface area contributed by atoms with Crippen molar-refractivity contribution >= 4 is 12.0 Å². The van der Waals surface area contributed by atoms with E-state index in [9.17, 15) is 4.79 Å². The van der Waals surface area contributed by atoms with E-state index in [4.69, 9.17) is 9.47 Å². The van der Waals surface area contributed by atoms with E-state index in [0.29, 0.717) is 0 Å². The SMILES string of the molecule is COc1ccccc1C=C=CC(=O)OC(C)(C)C. The standard InChI is InChI=1S/C15H18O3/c1-15(2,3)18-14(16)11-7-9-12-8-5-6-10-13(12)17-4/h5-6,8-11H,1-4H3. The van der Waals surface area contributed by atoms with Gasteiger partial charge in [0.15, 0.2) is 0 Å². The number of ether oxygens (including phenoxy) is 2. The molecule has 1 aromatic carbocycles. The second-order valence-electron chi connectivity index (χ2n) is 4.73. The summed E-state index contributed by atoms with van der Waals surface area (Å²) in [4.78, 5) is 11.4. The van der Waals surface area contributed by atoms with Gasteiger partial charge in [-0.25, -0.2) is 4.79 Å². The van der Waals surface area contributed by atoms with Crippen molar-refractivity contribution in [2.75, 3.05) is 7.11 Å².